The van der Waals surface area contributed by atoms with Gasteiger partial charge >= 0.3 is 0 Å². The molecular formula is C19H23ClN2O4S. The molecule has 146 valence electrons. The van der Waals surface area contributed by atoms with E-state index in [2.05, 4.69) is 10.0 Å². The zero-order chi connectivity index (χ0) is 20.4. The molecule has 2 rings (SSSR count). The predicted molar refractivity (Wildman–Crippen MR) is 107 cm³/mol. The van der Waals surface area contributed by atoms with Gasteiger partial charge in [0.25, 0.3) is 5.91 Å². The van der Waals surface area contributed by atoms with Crippen LogP contribution in [0.4, 0.5) is 5.69 Å². The predicted octanol–water partition coefficient (Wildman–Crippen LogP) is 3.99. The zero-order valence-electron chi connectivity index (χ0n) is 15.9. The van der Waals surface area contributed by atoms with Crippen LogP contribution in [0.5, 0.6) is 5.75 Å². The SMILES string of the molecule is COc1ccc(Cl)cc1NC(=O)c1cc(S(=O)(=O)NC(C)(C)C)ccc1C. The summed E-state index contributed by atoms with van der Waals surface area (Å²) in [6.07, 6.45) is 0. The van der Waals surface area contributed by atoms with Gasteiger partial charge in [-0.25, -0.2) is 13.1 Å². The number of anilines is 1. The fourth-order valence-corrected chi connectivity index (χ4v) is 4.06. The molecule has 0 saturated carbocycles. The van der Waals surface area contributed by atoms with Crippen molar-refractivity contribution in [2.24, 2.45) is 0 Å². The first-order valence-electron chi connectivity index (χ1n) is 8.22. The molecule has 6 nitrogen and oxygen atoms in total. The van der Waals surface area contributed by atoms with Crippen molar-refractivity contribution >= 4 is 33.2 Å². The van der Waals surface area contributed by atoms with Crippen molar-refractivity contribution in [1.29, 1.82) is 0 Å². The Bertz CT molecular complexity index is 966. The van der Waals surface area contributed by atoms with E-state index in [1.807, 2.05) is 0 Å². The minimum absolute atomic E-state index is 0.0197. The van der Waals surface area contributed by atoms with Gasteiger partial charge in [0, 0.05) is 16.1 Å². The van der Waals surface area contributed by atoms with Gasteiger partial charge in [-0.05, 0) is 63.6 Å². The highest BCUT2D eigenvalue weighted by molar-refractivity contribution is 7.89. The van der Waals surface area contributed by atoms with E-state index >= 15 is 0 Å². The van der Waals surface area contributed by atoms with Crippen LogP contribution >= 0.6 is 11.6 Å². The van der Waals surface area contributed by atoms with E-state index in [1.165, 1.54) is 19.2 Å². The third-order valence-electron chi connectivity index (χ3n) is 3.61. The van der Waals surface area contributed by atoms with Crippen molar-refractivity contribution in [3.05, 3.63) is 52.5 Å². The van der Waals surface area contributed by atoms with E-state index < -0.39 is 21.5 Å². The topological polar surface area (TPSA) is 84.5 Å². The summed E-state index contributed by atoms with van der Waals surface area (Å²) in [5, 5.41) is 3.16. The van der Waals surface area contributed by atoms with Crippen molar-refractivity contribution in [3.8, 4) is 5.75 Å². The summed E-state index contributed by atoms with van der Waals surface area (Å²) in [5.41, 5.74) is 0.646. The van der Waals surface area contributed by atoms with Crippen LogP contribution in [0.3, 0.4) is 0 Å². The van der Waals surface area contributed by atoms with Gasteiger partial charge < -0.3 is 10.1 Å². The summed E-state index contributed by atoms with van der Waals surface area (Å²) >= 11 is 5.99. The molecule has 0 aliphatic heterocycles. The highest BCUT2D eigenvalue weighted by Crippen LogP contribution is 2.28. The molecule has 0 spiro atoms. The Kier molecular flexibility index (Phi) is 6.19. The van der Waals surface area contributed by atoms with Gasteiger partial charge in [0.15, 0.2) is 0 Å². The smallest absolute Gasteiger partial charge is 0.256 e. The Morgan fingerprint density at radius 2 is 1.78 bits per heavy atom. The zero-order valence-corrected chi connectivity index (χ0v) is 17.5. The van der Waals surface area contributed by atoms with Gasteiger partial charge in [0.1, 0.15) is 5.75 Å². The largest absolute Gasteiger partial charge is 0.495 e. The molecule has 0 heterocycles. The van der Waals surface area contributed by atoms with Crippen molar-refractivity contribution in [1.82, 2.24) is 4.72 Å². The second-order valence-electron chi connectivity index (χ2n) is 7.13. The molecule has 0 aliphatic carbocycles. The Labute approximate surface area is 164 Å². The molecule has 2 aromatic carbocycles. The van der Waals surface area contributed by atoms with Crippen molar-refractivity contribution < 1.29 is 17.9 Å². The lowest BCUT2D eigenvalue weighted by atomic mass is 10.1. The number of halogens is 1. The molecule has 27 heavy (non-hydrogen) atoms. The van der Waals surface area contributed by atoms with Crippen molar-refractivity contribution in [2.45, 2.75) is 38.1 Å². The number of carbonyl (C=O) groups excluding carboxylic acids is 1. The number of hydrogen-bond acceptors (Lipinski definition) is 4. The lowest BCUT2D eigenvalue weighted by Gasteiger charge is -2.21. The fourth-order valence-electron chi connectivity index (χ4n) is 2.44. The Hall–Kier alpha value is -2.09. The molecule has 0 aliphatic rings. The van der Waals surface area contributed by atoms with Crippen LogP contribution in [0.15, 0.2) is 41.3 Å². The monoisotopic (exact) mass is 410 g/mol. The number of methoxy groups -OCH3 is 1. The van der Waals surface area contributed by atoms with E-state index in [0.29, 0.717) is 22.0 Å². The lowest BCUT2D eigenvalue weighted by Crippen LogP contribution is -2.40. The third kappa shape index (κ3) is 5.45. The highest BCUT2D eigenvalue weighted by Gasteiger charge is 2.23. The maximum atomic E-state index is 12.8. The van der Waals surface area contributed by atoms with Gasteiger partial charge in [-0.3, -0.25) is 4.79 Å². The van der Waals surface area contributed by atoms with Gasteiger partial charge in [-0.15, -0.1) is 0 Å². The molecule has 2 aromatic rings. The number of sulfonamides is 1. The average molecular weight is 411 g/mol. The van der Waals surface area contributed by atoms with Gasteiger partial charge in [0.2, 0.25) is 10.0 Å². The summed E-state index contributed by atoms with van der Waals surface area (Å²) in [7, 11) is -2.28. The van der Waals surface area contributed by atoms with E-state index in [9.17, 15) is 13.2 Å². The Morgan fingerprint density at radius 1 is 1.11 bits per heavy atom. The second-order valence-corrected chi connectivity index (χ2v) is 9.25. The van der Waals surface area contributed by atoms with E-state index in [-0.39, 0.29) is 10.5 Å². The normalized spacial score (nSPS) is 11.9. The molecule has 0 atom stereocenters. The average Bonchev–Trinajstić information content (AvgIpc) is 2.53. The molecule has 2 N–H and O–H groups in total. The summed E-state index contributed by atoms with van der Waals surface area (Å²) in [6.45, 7) is 6.98. The summed E-state index contributed by atoms with van der Waals surface area (Å²) in [5.74, 6) is -0.00977. The van der Waals surface area contributed by atoms with Crippen LogP contribution in [-0.4, -0.2) is 27.0 Å². The summed E-state index contributed by atoms with van der Waals surface area (Å²) < 4.78 is 32.9. The molecule has 0 unspecified atom stereocenters. The number of nitrogens with one attached hydrogen (secondary N) is 2. The maximum absolute atomic E-state index is 12.8. The molecule has 0 fully saturated rings. The van der Waals surface area contributed by atoms with Crippen LogP contribution in [0.1, 0.15) is 36.7 Å². The maximum Gasteiger partial charge on any atom is 0.256 e. The third-order valence-corrected chi connectivity index (χ3v) is 5.60. The summed E-state index contributed by atoms with van der Waals surface area (Å²) in [4.78, 5) is 12.8. The number of rotatable bonds is 5. The van der Waals surface area contributed by atoms with Crippen LogP contribution in [0.2, 0.25) is 5.02 Å². The van der Waals surface area contributed by atoms with Crippen LogP contribution in [0.25, 0.3) is 0 Å². The number of aryl methyl sites for hydroxylation is 1. The van der Waals surface area contributed by atoms with E-state index in [0.717, 1.165) is 0 Å². The fraction of sp³-hybridized carbons (Fsp3) is 0.316. The van der Waals surface area contributed by atoms with Gasteiger partial charge in [-0.1, -0.05) is 17.7 Å². The molecular weight excluding hydrogens is 388 g/mol. The van der Waals surface area contributed by atoms with Gasteiger partial charge in [-0.2, -0.15) is 0 Å². The first-order chi connectivity index (χ1) is 12.4. The number of benzene rings is 2. The first kappa shape index (κ1) is 21.2. The summed E-state index contributed by atoms with van der Waals surface area (Å²) in [6, 6.07) is 9.28. The minimum Gasteiger partial charge on any atom is -0.495 e. The van der Waals surface area contributed by atoms with Crippen LogP contribution < -0.4 is 14.8 Å². The number of hydrogen-bond donors (Lipinski definition) is 2. The van der Waals surface area contributed by atoms with E-state index in [1.54, 1.807) is 52.0 Å². The molecule has 0 aromatic heterocycles. The molecule has 0 saturated heterocycles. The highest BCUT2D eigenvalue weighted by atomic mass is 35.5. The quantitative estimate of drug-likeness (QED) is 0.780. The number of carbonyl (C=O) groups is 1. The Morgan fingerprint density at radius 3 is 2.37 bits per heavy atom. The van der Waals surface area contributed by atoms with Crippen LogP contribution in [-0.2, 0) is 10.0 Å². The van der Waals surface area contributed by atoms with Crippen LogP contribution in [0, 0.1) is 6.92 Å². The minimum atomic E-state index is -3.76. The lowest BCUT2D eigenvalue weighted by molar-refractivity contribution is 0.102. The number of amides is 1. The second kappa shape index (κ2) is 7.88. The number of ether oxygens (including phenoxy) is 1. The molecule has 0 bridgehead atoms. The Balaban J connectivity index is 2.39. The molecule has 1 amide bonds. The standard InChI is InChI=1S/C19H23ClN2O4S/c1-12-6-8-14(27(24,25)22-19(2,3)4)11-15(12)18(23)21-16-10-13(20)7-9-17(16)26-5/h6-11,22H,1-5H3,(H,21,23). The van der Waals surface area contributed by atoms with Gasteiger partial charge in [0.05, 0.1) is 17.7 Å². The molecule has 0 radical (unpaired) electrons. The van der Waals surface area contributed by atoms with Crippen molar-refractivity contribution in [3.63, 3.8) is 0 Å². The van der Waals surface area contributed by atoms with E-state index in [4.69, 9.17) is 16.3 Å². The van der Waals surface area contributed by atoms with Crippen molar-refractivity contribution in [2.75, 3.05) is 12.4 Å². The molecule has 8 heteroatoms. The first-order valence-corrected chi connectivity index (χ1v) is 10.1.